The van der Waals surface area contributed by atoms with Gasteiger partial charge in [0.05, 0.1) is 30.9 Å². The zero-order valence-corrected chi connectivity index (χ0v) is 27.6. The second-order valence-electron chi connectivity index (χ2n) is 10.1. The van der Waals surface area contributed by atoms with E-state index in [4.69, 9.17) is 9.47 Å². The van der Waals surface area contributed by atoms with E-state index in [1.54, 1.807) is 0 Å². The highest BCUT2D eigenvalue weighted by Gasteiger charge is 2.57. The Morgan fingerprint density at radius 1 is 0.860 bits per heavy atom. The van der Waals surface area contributed by atoms with Crippen molar-refractivity contribution in [1.82, 2.24) is 4.90 Å². The van der Waals surface area contributed by atoms with Crippen LogP contribution in [0.3, 0.4) is 0 Å². The summed E-state index contributed by atoms with van der Waals surface area (Å²) in [5.41, 5.74) is -12.1. The minimum absolute atomic E-state index is 0.150. The van der Waals surface area contributed by atoms with E-state index in [-0.39, 0.29) is 6.07 Å². The lowest BCUT2D eigenvalue weighted by atomic mass is 9.77. The van der Waals surface area contributed by atoms with Crippen molar-refractivity contribution in [2.45, 2.75) is 11.1 Å². The molecular formula is C28H15F7INO12S. The molecule has 1 spiro atoms. The van der Waals surface area contributed by atoms with Gasteiger partial charge < -0.3 is 31.1 Å². The molecule has 0 N–H and O–H groups in total. The van der Waals surface area contributed by atoms with Crippen LogP contribution in [0.1, 0.15) is 37.4 Å². The maximum atomic E-state index is 15.8. The van der Waals surface area contributed by atoms with Crippen molar-refractivity contribution in [2.75, 3.05) is 27.3 Å². The van der Waals surface area contributed by atoms with E-state index in [1.165, 1.54) is 0 Å². The van der Waals surface area contributed by atoms with Crippen LogP contribution in [0.15, 0.2) is 30.3 Å². The zero-order chi connectivity index (χ0) is 37.1. The Bertz CT molecular complexity index is 2090. The van der Waals surface area contributed by atoms with Crippen molar-refractivity contribution in [2.24, 2.45) is 0 Å². The van der Waals surface area contributed by atoms with E-state index in [2.05, 4.69) is 16.7 Å². The molecule has 0 saturated carbocycles. The van der Waals surface area contributed by atoms with Gasteiger partial charge in [-0.15, -0.1) is 0 Å². The molecule has 1 amide bonds. The zero-order valence-electron chi connectivity index (χ0n) is 24.6. The Morgan fingerprint density at radius 2 is 1.38 bits per heavy atom. The summed E-state index contributed by atoms with van der Waals surface area (Å²) in [7, 11) is -4.70. The number of amides is 1. The van der Waals surface area contributed by atoms with Gasteiger partial charge in [0.2, 0.25) is 23.1 Å². The van der Waals surface area contributed by atoms with Gasteiger partial charge >= 0.3 is 33.5 Å². The number of benzene rings is 3. The molecule has 1 atom stereocenters. The molecule has 3 aromatic rings. The summed E-state index contributed by atoms with van der Waals surface area (Å²) < 4.78 is 152. The van der Waals surface area contributed by atoms with E-state index in [9.17, 15) is 40.8 Å². The Balaban J connectivity index is 1.76. The average Bonchev–Trinajstić information content (AvgIpc) is 3.34. The molecule has 3 aromatic carbocycles. The summed E-state index contributed by atoms with van der Waals surface area (Å²) in [4.78, 5) is 51.3. The van der Waals surface area contributed by atoms with Gasteiger partial charge in [0.1, 0.15) is 13.1 Å². The molecule has 0 aromatic heterocycles. The number of esters is 3. The molecule has 0 fully saturated rings. The van der Waals surface area contributed by atoms with Crippen LogP contribution in [0, 0.1) is 23.3 Å². The molecule has 0 aliphatic carbocycles. The van der Waals surface area contributed by atoms with Gasteiger partial charge in [0, 0.05) is 11.1 Å². The van der Waals surface area contributed by atoms with Crippen LogP contribution in [-0.2, 0) is 39.5 Å². The van der Waals surface area contributed by atoms with E-state index in [0.29, 0.717) is 11.0 Å². The monoisotopic (exact) mass is 849 g/mol. The summed E-state index contributed by atoms with van der Waals surface area (Å²) in [6, 6.07) is 3.40. The van der Waals surface area contributed by atoms with E-state index in [1.807, 2.05) is 0 Å². The van der Waals surface area contributed by atoms with Crippen LogP contribution in [0.2, 0.25) is 0 Å². The number of alkyl halides is 3. The number of nitrogens with zero attached hydrogens (tertiary/aromatic N) is 1. The predicted octanol–water partition coefficient (Wildman–Crippen LogP) is 4.56. The number of ether oxygens (including phenoxy) is 4. The lowest BCUT2D eigenvalue weighted by Gasteiger charge is -2.37. The van der Waals surface area contributed by atoms with Gasteiger partial charge in [0.25, 0.3) is 5.91 Å². The number of rotatable bonds is 8. The van der Waals surface area contributed by atoms with Crippen molar-refractivity contribution < 1.29 is 84.5 Å². The van der Waals surface area contributed by atoms with Gasteiger partial charge in [-0.1, -0.05) is 6.07 Å². The normalized spacial score (nSPS) is 16.0. The number of carbonyl (C=O) groups excluding carboxylic acids is 4. The topological polar surface area (TPSA) is 161 Å². The molecule has 2 heterocycles. The fourth-order valence-corrected chi connectivity index (χ4v) is 5.94. The van der Waals surface area contributed by atoms with Crippen molar-refractivity contribution in [1.29, 1.82) is 0 Å². The van der Waals surface area contributed by atoms with Crippen molar-refractivity contribution in [3.8, 4) is 23.0 Å². The van der Waals surface area contributed by atoms with E-state index >= 15 is 17.6 Å². The highest BCUT2D eigenvalue weighted by Crippen LogP contribution is 2.59. The smallest absolute Gasteiger partial charge is 0.468 e. The summed E-state index contributed by atoms with van der Waals surface area (Å²) in [6.07, 6.45) is 0. The summed E-state index contributed by atoms with van der Waals surface area (Å²) in [5.74, 6) is -17.9. The first-order valence-electron chi connectivity index (χ1n) is 13.2. The number of halogens is 8. The number of methoxy groups -OCH3 is 2. The Labute approximate surface area is 288 Å². The third kappa shape index (κ3) is 5.78. The van der Waals surface area contributed by atoms with Crippen molar-refractivity contribution >= 4 is 56.9 Å². The summed E-state index contributed by atoms with van der Waals surface area (Å²) in [6.45, 7) is -1.55. The molecule has 22 heteroatoms. The molecule has 5 rings (SSSR count). The lowest BCUT2D eigenvalue weighted by Crippen LogP contribution is -2.40. The van der Waals surface area contributed by atoms with Crippen molar-refractivity contribution in [3.05, 3.63) is 81.4 Å². The molecule has 0 radical (unpaired) electrons. The maximum absolute atomic E-state index is 15.8. The van der Waals surface area contributed by atoms with Gasteiger partial charge in [-0.2, -0.15) is 30.4 Å². The molecule has 13 nitrogen and oxygen atoms in total. The van der Waals surface area contributed by atoms with Crippen molar-refractivity contribution in [3.63, 3.8) is 0 Å². The van der Waals surface area contributed by atoms with Gasteiger partial charge in [0.15, 0.2) is 51.7 Å². The first kappa shape index (κ1) is 36.4. The largest absolute Gasteiger partial charge is 0.534 e. The standard InChI is InChI=1S/C28H15F7INO12S/c1-44-17(38)8-37(9-18(39)45-2)25(40)10-3-4-12-11(5-10)26(41)47-27(12)13-6-15(29)23(48-36)19(31)21(13)46-22-14(27)7-16(30)24(20(22)32)49-50(42,43)28(33,34)35/h3-7H,8-9H2,1-2H3. The molecule has 266 valence electrons. The molecule has 2 aliphatic rings. The van der Waals surface area contributed by atoms with Crippen LogP contribution in [0.25, 0.3) is 0 Å². The fourth-order valence-electron chi connectivity index (χ4n) is 5.07. The molecule has 50 heavy (non-hydrogen) atoms. The lowest BCUT2D eigenvalue weighted by molar-refractivity contribution is -0.144. The first-order chi connectivity index (χ1) is 23.3. The maximum Gasteiger partial charge on any atom is 0.534 e. The van der Waals surface area contributed by atoms with Crippen LogP contribution in [0.4, 0.5) is 30.7 Å². The Morgan fingerprint density at radius 3 is 1.88 bits per heavy atom. The average molecular weight is 849 g/mol. The molecule has 0 bridgehead atoms. The summed E-state index contributed by atoms with van der Waals surface area (Å²) >= 11 is 1.06. The highest BCUT2D eigenvalue weighted by molar-refractivity contribution is 14.1. The van der Waals surface area contributed by atoms with Gasteiger partial charge in [-0.3, -0.25) is 14.4 Å². The van der Waals surface area contributed by atoms with E-state index < -0.39 is 132 Å². The quantitative estimate of drug-likeness (QED) is 0.0778. The first-order valence-corrected chi connectivity index (χ1v) is 15.4. The van der Waals surface area contributed by atoms with Gasteiger partial charge in [-0.05, 0) is 24.3 Å². The second-order valence-corrected chi connectivity index (χ2v) is 12.0. The minimum atomic E-state index is -6.69. The van der Waals surface area contributed by atoms with Crippen LogP contribution in [0.5, 0.6) is 23.0 Å². The molecule has 1 unspecified atom stereocenters. The molecule has 2 aliphatic heterocycles. The third-order valence-electron chi connectivity index (χ3n) is 7.27. The van der Waals surface area contributed by atoms with E-state index in [0.717, 1.165) is 55.4 Å². The third-order valence-corrected chi connectivity index (χ3v) is 8.67. The number of hydrogen-bond donors (Lipinski definition) is 0. The van der Waals surface area contributed by atoms with Gasteiger partial charge in [-0.25, -0.2) is 13.6 Å². The Hall–Kier alpha value is -4.87. The second kappa shape index (κ2) is 12.8. The summed E-state index contributed by atoms with van der Waals surface area (Å²) in [5, 5.41) is 0. The highest BCUT2D eigenvalue weighted by atomic mass is 127. The molecule has 0 saturated heterocycles. The van der Waals surface area contributed by atoms with Crippen LogP contribution >= 0.6 is 23.0 Å². The van der Waals surface area contributed by atoms with Crippen LogP contribution in [-0.4, -0.2) is 70.0 Å². The predicted molar refractivity (Wildman–Crippen MR) is 155 cm³/mol. The van der Waals surface area contributed by atoms with Crippen LogP contribution < -0.4 is 12.0 Å². The SMILES string of the molecule is COC(=O)CN(CC(=O)OC)C(=O)c1ccc2c(c1)C(=O)OC21c2cc(F)c(OI)c(F)c2Oc2c1cc(F)c(OS(=O)(=O)C(F)(F)F)c2F. The molecular weight excluding hydrogens is 834 g/mol. The fraction of sp³-hybridized carbons (Fsp3) is 0.214. The number of fused-ring (bicyclic) bond motifs is 6. The Kier molecular flexibility index (Phi) is 9.31. The minimum Gasteiger partial charge on any atom is -0.468 e. The number of carbonyl (C=O) groups is 4. The number of hydrogen-bond acceptors (Lipinski definition) is 12.